The largest absolute Gasteiger partial charge is 0.308 e. The summed E-state index contributed by atoms with van der Waals surface area (Å²) in [6.07, 6.45) is 1.13. The number of hydrogen-bond acceptors (Lipinski definition) is 5. The Kier molecular flexibility index (Phi) is 3.95. The molecule has 1 aromatic heterocycles. The van der Waals surface area contributed by atoms with Gasteiger partial charge >= 0.3 is 0 Å². The van der Waals surface area contributed by atoms with Gasteiger partial charge in [0.1, 0.15) is 12.0 Å². The maximum Gasteiger partial charge on any atom is 0.287 e. The minimum absolute atomic E-state index is 0. The van der Waals surface area contributed by atoms with Crippen LogP contribution in [0.4, 0.5) is 11.5 Å². The SMILES string of the molecule is Cl.NNc1ccc([N+](=O)[O-])cn1. The second-order valence-corrected chi connectivity index (χ2v) is 1.80. The van der Waals surface area contributed by atoms with Gasteiger partial charge in [0.05, 0.1) is 4.92 Å². The monoisotopic (exact) mass is 190 g/mol. The van der Waals surface area contributed by atoms with E-state index < -0.39 is 4.92 Å². The van der Waals surface area contributed by atoms with Crippen molar-refractivity contribution < 1.29 is 4.92 Å². The van der Waals surface area contributed by atoms with Crippen LogP contribution in [0.3, 0.4) is 0 Å². The predicted molar refractivity (Wildman–Crippen MR) is 45.9 cm³/mol. The number of nitrogen functional groups attached to an aromatic ring is 1. The van der Waals surface area contributed by atoms with Crippen LogP contribution in [-0.4, -0.2) is 9.91 Å². The molecule has 0 amide bonds. The van der Waals surface area contributed by atoms with E-state index in [4.69, 9.17) is 5.84 Å². The number of halogens is 1. The molecule has 0 aliphatic heterocycles. The lowest BCUT2D eigenvalue weighted by molar-refractivity contribution is -0.385. The zero-order valence-electron chi connectivity index (χ0n) is 5.93. The predicted octanol–water partition coefficient (Wildman–Crippen LogP) is 0.697. The molecule has 0 fully saturated rings. The molecule has 7 heteroatoms. The fourth-order valence-corrected chi connectivity index (χ4v) is 0.579. The van der Waals surface area contributed by atoms with Crippen LogP contribution in [0, 0.1) is 10.1 Å². The van der Waals surface area contributed by atoms with Crippen molar-refractivity contribution in [1.29, 1.82) is 0 Å². The van der Waals surface area contributed by atoms with Crippen LogP contribution in [0.15, 0.2) is 18.3 Å². The lowest BCUT2D eigenvalue weighted by atomic mass is 10.4. The number of nitrogens with zero attached hydrogens (tertiary/aromatic N) is 2. The Bertz CT molecular complexity index is 263. The highest BCUT2D eigenvalue weighted by Gasteiger charge is 2.03. The Morgan fingerprint density at radius 2 is 2.25 bits per heavy atom. The number of rotatable bonds is 2. The van der Waals surface area contributed by atoms with Gasteiger partial charge < -0.3 is 5.43 Å². The molecule has 66 valence electrons. The highest BCUT2D eigenvalue weighted by molar-refractivity contribution is 5.85. The van der Waals surface area contributed by atoms with Gasteiger partial charge in [-0.3, -0.25) is 10.1 Å². The Labute approximate surface area is 74.3 Å². The van der Waals surface area contributed by atoms with Gasteiger partial charge in [0.25, 0.3) is 5.69 Å². The van der Waals surface area contributed by atoms with Crippen molar-refractivity contribution in [2.45, 2.75) is 0 Å². The summed E-state index contributed by atoms with van der Waals surface area (Å²) in [6, 6.07) is 2.75. The van der Waals surface area contributed by atoms with E-state index in [1.807, 2.05) is 0 Å². The molecule has 0 aromatic carbocycles. The van der Waals surface area contributed by atoms with E-state index in [1.54, 1.807) is 0 Å². The Balaban J connectivity index is 0.00000121. The molecule has 0 bridgehead atoms. The zero-order valence-corrected chi connectivity index (χ0v) is 6.75. The molecule has 0 unspecified atom stereocenters. The van der Waals surface area contributed by atoms with Crippen molar-refractivity contribution in [1.82, 2.24) is 4.98 Å². The number of nitro groups is 1. The van der Waals surface area contributed by atoms with Gasteiger partial charge in [0.2, 0.25) is 0 Å². The van der Waals surface area contributed by atoms with Gasteiger partial charge in [-0.25, -0.2) is 10.8 Å². The van der Waals surface area contributed by atoms with Gasteiger partial charge in [-0.2, -0.15) is 0 Å². The van der Waals surface area contributed by atoms with Gasteiger partial charge in [-0.05, 0) is 6.07 Å². The number of pyridine rings is 1. The molecule has 0 saturated heterocycles. The molecule has 1 rings (SSSR count). The van der Waals surface area contributed by atoms with Crippen molar-refractivity contribution in [2.24, 2.45) is 5.84 Å². The van der Waals surface area contributed by atoms with E-state index in [9.17, 15) is 10.1 Å². The molecule has 0 radical (unpaired) electrons. The standard InChI is InChI=1S/C5H6N4O2.ClH/c6-8-5-2-1-4(3-7-5)9(10)11;/h1-3H,6H2,(H,7,8);1H. The second kappa shape index (κ2) is 4.47. The lowest BCUT2D eigenvalue weighted by Gasteiger charge is -1.95. The molecular formula is C5H7ClN4O2. The molecule has 0 saturated carbocycles. The smallest absolute Gasteiger partial charge is 0.287 e. The molecule has 12 heavy (non-hydrogen) atoms. The first kappa shape index (κ1) is 10.6. The van der Waals surface area contributed by atoms with E-state index in [2.05, 4.69) is 10.4 Å². The van der Waals surface area contributed by atoms with Crippen molar-refractivity contribution in [3.63, 3.8) is 0 Å². The Morgan fingerprint density at radius 3 is 2.58 bits per heavy atom. The summed E-state index contributed by atoms with van der Waals surface area (Å²) >= 11 is 0. The Hall–Kier alpha value is -1.40. The van der Waals surface area contributed by atoms with Gasteiger partial charge in [-0.15, -0.1) is 12.4 Å². The van der Waals surface area contributed by atoms with Crippen LogP contribution in [0.1, 0.15) is 0 Å². The van der Waals surface area contributed by atoms with Crippen LogP contribution in [0.25, 0.3) is 0 Å². The summed E-state index contributed by atoms with van der Waals surface area (Å²) in [5.74, 6) is 5.39. The summed E-state index contributed by atoms with van der Waals surface area (Å²) in [7, 11) is 0. The third-order valence-electron chi connectivity index (χ3n) is 1.11. The zero-order chi connectivity index (χ0) is 8.27. The third-order valence-corrected chi connectivity index (χ3v) is 1.11. The molecular weight excluding hydrogens is 184 g/mol. The average molecular weight is 191 g/mol. The highest BCUT2D eigenvalue weighted by Crippen LogP contribution is 2.10. The highest BCUT2D eigenvalue weighted by atomic mass is 35.5. The summed E-state index contributed by atoms with van der Waals surface area (Å²) in [5.41, 5.74) is 2.21. The number of hydrogen-bond donors (Lipinski definition) is 2. The van der Waals surface area contributed by atoms with E-state index in [0.717, 1.165) is 6.20 Å². The van der Waals surface area contributed by atoms with Crippen LogP contribution >= 0.6 is 12.4 Å². The number of anilines is 1. The molecule has 1 aromatic rings. The van der Waals surface area contributed by atoms with Crippen LogP contribution < -0.4 is 11.3 Å². The van der Waals surface area contributed by atoms with Crippen molar-refractivity contribution in [2.75, 3.05) is 5.43 Å². The average Bonchev–Trinajstić information content (AvgIpc) is 2.05. The molecule has 0 aliphatic rings. The van der Waals surface area contributed by atoms with Crippen LogP contribution in [0.2, 0.25) is 0 Å². The summed E-state index contributed by atoms with van der Waals surface area (Å²) in [6.45, 7) is 0. The molecule has 0 atom stereocenters. The number of nitrogens with two attached hydrogens (primary N) is 1. The molecule has 3 N–H and O–H groups in total. The topological polar surface area (TPSA) is 94.1 Å². The van der Waals surface area contributed by atoms with Gasteiger partial charge in [0, 0.05) is 6.07 Å². The van der Waals surface area contributed by atoms with Crippen LogP contribution in [0.5, 0.6) is 0 Å². The van der Waals surface area contributed by atoms with Crippen LogP contribution in [-0.2, 0) is 0 Å². The molecule has 0 aliphatic carbocycles. The fraction of sp³-hybridized carbons (Fsp3) is 0. The van der Waals surface area contributed by atoms with Gasteiger partial charge in [0.15, 0.2) is 0 Å². The van der Waals surface area contributed by atoms with E-state index in [-0.39, 0.29) is 18.1 Å². The quantitative estimate of drug-likeness (QED) is 0.407. The van der Waals surface area contributed by atoms with E-state index in [1.165, 1.54) is 12.1 Å². The molecule has 6 nitrogen and oxygen atoms in total. The summed E-state index contributed by atoms with van der Waals surface area (Å²) in [4.78, 5) is 13.2. The third kappa shape index (κ3) is 2.33. The first-order valence-corrected chi connectivity index (χ1v) is 2.81. The van der Waals surface area contributed by atoms with Crippen molar-refractivity contribution in [3.8, 4) is 0 Å². The van der Waals surface area contributed by atoms with Crippen molar-refractivity contribution in [3.05, 3.63) is 28.4 Å². The number of aromatic nitrogens is 1. The van der Waals surface area contributed by atoms with Gasteiger partial charge in [-0.1, -0.05) is 0 Å². The van der Waals surface area contributed by atoms with E-state index >= 15 is 0 Å². The lowest BCUT2D eigenvalue weighted by Crippen LogP contribution is -2.08. The second-order valence-electron chi connectivity index (χ2n) is 1.80. The summed E-state index contributed by atoms with van der Waals surface area (Å²) < 4.78 is 0. The number of hydrazine groups is 1. The maximum atomic E-state index is 10.1. The fourth-order valence-electron chi connectivity index (χ4n) is 0.579. The van der Waals surface area contributed by atoms with Crippen molar-refractivity contribution >= 4 is 23.9 Å². The molecule has 0 spiro atoms. The molecule has 1 heterocycles. The maximum absolute atomic E-state index is 10.1. The first-order chi connectivity index (χ1) is 5.24. The minimum Gasteiger partial charge on any atom is -0.308 e. The number of nitrogens with one attached hydrogen (secondary N) is 1. The normalized spacial score (nSPS) is 8.42. The minimum atomic E-state index is -0.521. The summed E-state index contributed by atoms with van der Waals surface area (Å²) in [5, 5.41) is 10.1. The first-order valence-electron chi connectivity index (χ1n) is 2.81. The Morgan fingerprint density at radius 1 is 1.58 bits per heavy atom. The van der Waals surface area contributed by atoms with E-state index in [0.29, 0.717) is 5.82 Å².